The quantitative estimate of drug-likeness (QED) is 0.273. The maximum Gasteiger partial charge on any atom is 0.679 e. The van der Waals surface area contributed by atoms with E-state index in [9.17, 15) is 0 Å². The highest BCUT2D eigenvalue weighted by Crippen LogP contribution is 2.12. The van der Waals surface area contributed by atoms with Crippen LogP contribution in [0.15, 0.2) is 18.7 Å². The lowest BCUT2D eigenvalue weighted by Crippen LogP contribution is -3.00. The van der Waals surface area contributed by atoms with E-state index in [0.717, 1.165) is 13.0 Å². The van der Waals surface area contributed by atoms with Crippen LogP contribution >= 0.6 is 0 Å². The fraction of sp³-hybridized carbons (Fsp3) is 0.769. The van der Waals surface area contributed by atoms with Gasteiger partial charge in [0.25, 0.3) is 0 Å². The fourth-order valence-electron chi connectivity index (χ4n) is 1.86. The molecule has 1 heterocycles. The van der Waals surface area contributed by atoms with Gasteiger partial charge in [0.15, 0.2) is 0 Å². The molecule has 0 saturated carbocycles. The summed E-state index contributed by atoms with van der Waals surface area (Å²) in [5, 5.41) is 0. The zero-order chi connectivity index (χ0) is 14.8. The van der Waals surface area contributed by atoms with Crippen molar-refractivity contribution in [2.24, 2.45) is 7.05 Å². The molecule has 8 heteroatoms. The molecule has 1 aromatic heterocycles. The molecule has 0 fully saturated rings. The molecule has 124 valence electrons. The number of imidazole rings is 1. The lowest BCUT2D eigenvalue weighted by atomic mass is 10.4. The van der Waals surface area contributed by atoms with E-state index in [-0.39, 0.29) is 12.4 Å². The molecule has 0 aliphatic carbocycles. The molecule has 6 nitrogen and oxygen atoms in total. The van der Waals surface area contributed by atoms with Crippen molar-refractivity contribution in [2.75, 3.05) is 26.4 Å². The molecule has 0 saturated heterocycles. The van der Waals surface area contributed by atoms with Crippen LogP contribution in [0.2, 0.25) is 0 Å². The molecule has 0 aromatic carbocycles. The van der Waals surface area contributed by atoms with Gasteiger partial charge in [0.05, 0.1) is 13.6 Å². The van der Waals surface area contributed by atoms with Gasteiger partial charge < -0.3 is 30.1 Å². The number of rotatable bonds is 11. The Bertz CT molecular complexity index is 362. The Hall–Kier alpha value is -0.443. The van der Waals surface area contributed by atoms with Crippen molar-refractivity contribution in [2.45, 2.75) is 33.7 Å². The van der Waals surface area contributed by atoms with E-state index in [1.807, 2.05) is 51.1 Å². The number of nitrogens with zero attached hydrogens (tertiary/aromatic N) is 2. The zero-order valence-electron chi connectivity index (χ0n) is 13.4. The predicted octanol–water partition coefficient (Wildman–Crippen LogP) is -1.73. The summed E-state index contributed by atoms with van der Waals surface area (Å²) in [5.74, 6) is 0. The second kappa shape index (κ2) is 11.2. The first kappa shape index (κ1) is 20.6. The van der Waals surface area contributed by atoms with Gasteiger partial charge in [-0.25, -0.2) is 9.13 Å². The maximum absolute atomic E-state index is 5.83. The first-order valence-corrected chi connectivity index (χ1v) is 8.86. The Morgan fingerprint density at radius 2 is 1.57 bits per heavy atom. The third-order valence-corrected chi connectivity index (χ3v) is 5.11. The maximum atomic E-state index is 5.83. The Kier molecular flexibility index (Phi) is 10.9. The van der Waals surface area contributed by atoms with Crippen molar-refractivity contribution in [3.05, 3.63) is 18.7 Å². The van der Waals surface area contributed by atoms with Gasteiger partial charge in [-0.15, -0.1) is 0 Å². The van der Waals surface area contributed by atoms with E-state index in [1.54, 1.807) is 0 Å². The van der Waals surface area contributed by atoms with Crippen LogP contribution < -0.4 is 17.0 Å². The molecule has 0 atom stereocenters. The van der Waals surface area contributed by atoms with E-state index in [2.05, 4.69) is 4.57 Å². The summed E-state index contributed by atoms with van der Waals surface area (Å²) in [6.45, 7) is 8.80. The van der Waals surface area contributed by atoms with Crippen LogP contribution in [0.5, 0.6) is 0 Å². The Morgan fingerprint density at radius 3 is 2.00 bits per heavy atom. The normalized spacial score (nSPS) is 11.4. The number of aryl methyl sites for hydroxylation is 2. The average molecular weight is 339 g/mol. The van der Waals surface area contributed by atoms with E-state index in [0.29, 0.717) is 26.4 Å². The van der Waals surface area contributed by atoms with Gasteiger partial charge in [-0.05, 0) is 20.8 Å². The van der Waals surface area contributed by atoms with Gasteiger partial charge in [-0.1, -0.05) is 0 Å². The number of aromatic nitrogens is 2. The smallest absolute Gasteiger partial charge is 0.679 e. The van der Waals surface area contributed by atoms with Crippen LogP contribution in [0.1, 0.15) is 27.2 Å². The van der Waals surface area contributed by atoms with Crippen LogP contribution in [0.4, 0.5) is 0 Å². The van der Waals surface area contributed by atoms with Crippen LogP contribution in [-0.2, 0) is 31.3 Å². The molecule has 1 aromatic rings. The van der Waals surface area contributed by atoms with E-state index >= 15 is 0 Å². The summed E-state index contributed by atoms with van der Waals surface area (Å²) in [6, 6.07) is 0. The molecular weight excluding hydrogens is 312 g/mol. The topological polar surface area (TPSA) is 45.7 Å². The van der Waals surface area contributed by atoms with Crippen LogP contribution in [0, 0.1) is 0 Å². The molecule has 0 unspecified atom stereocenters. The van der Waals surface area contributed by atoms with E-state index < -0.39 is 9.05 Å². The lowest BCUT2D eigenvalue weighted by Gasteiger charge is -2.26. The molecule has 0 N–H and O–H groups in total. The van der Waals surface area contributed by atoms with Gasteiger partial charge in [0, 0.05) is 32.8 Å². The van der Waals surface area contributed by atoms with Crippen molar-refractivity contribution in [3.8, 4) is 0 Å². The van der Waals surface area contributed by atoms with Crippen molar-refractivity contribution in [1.29, 1.82) is 0 Å². The molecule has 0 aliphatic heterocycles. The Labute approximate surface area is 134 Å². The van der Waals surface area contributed by atoms with Crippen LogP contribution in [0.3, 0.4) is 0 Å². The lowest BCUT2D eigenvalue weighted by molar-refractivity contribution is -0.671. The number of hydrogen-bond acceptors (Lipinski definition) is 4. The SMILES string of the molecule is CCO[Si](OCC)(OCC)OCCCn1cc[n+](C)c1.[Cl-]. The van der Waals surface area contributed by atoms with Crippen molar-refractivity contribution >= 4 is 9.05 Å². The monoisotopic (exact) mass is 338 g/mol. The van der Waals surface area contributed by atoms with Crippen molar-refractivity contribution < 1.29 is 34.7 Å². The summed E-state index contributed by atoms with van der Waals surface area (Å²) in [7, 11) is -0.939. The number of halogens is 1. The predicted molar refractivity (Wildman–Crippen MR) is 76.8 cm³/mol. The number of hydrogen-bond donors (Lipinski definition) is 0. The van der Waals surface area contributed by atoms with Crippen molar-refractivity contribution in [1.82, 2.24) is 4.57 Å². The first-order valence-electron chi connectivity index (χ1n) is 7.22. The second-order valence-corrected chi connectivity index (χ2v) is 6.47. The summed E-state index contributed by atoms with van der Waals surface area (Å²) in [6.07, 6.45) is 6.98. The van der Waals surface area contributed by atoms with Gasteiger partial charge in [-0.2, -0.15) is 0 Å². The minimum atomic E-state index is -2.94. The minimum Gasteiger partial charge on any atom is -1.00 e. The third-order valence-electron chi connectivity index (χ3n) is 2.63. The fourth-order valence-corrected chi connectivity index (χ4v) is 3.81. The Balaban J connectivity index is 0.00000400. The highest BCUT2D eigenvalue weighted by molar-refractivity contribution is 6.53. The molecule has 21 heavy (non-hydrogen) atoms. The first-order chi connectivity index (χ1) is 9.65. The third kappa shape index (κ3) is 7.39. The van der Waals surface area contributed by atoms with Gasteiger partial charge in [0.1, 0.15) is 12.4 Å². The van der Waals surface area contributed by atoms with Gasteiger partial charge >= 0.3 is 9.05 Å². The summed E-state index contributed by atoms with van der Waals surface area (Å²) in [4.78, 5) is 0. The highest BCUT2D eigenvalue weighted by atomic mass is 35.5. The van der Waals surface area contributed by atoms with Gasteiger partial charge in [-0.3, -0.25) is 0 Å². The van der Waals surface area contributed by atoms with Gasteiger partial charge in [0.2, 0.25) is 6.33 Å². The summed E-state index contributed by atoms with van der Waals surface area (Å²) < 4.78 is 26.9. The summed E-state index contributed by atoms with van der Waals surface area (Å²) >= 11 is 0. The molecular formula is C13H27ClN2O4Si. The van der Waals surface area contributed by atoms with E-state index in [4.69, 9.17) is 17.7 Å². The van der Waals surface area contributed by atoms with Crippen LogP contribution in [-0.4, -0.2) is 40.0 Å². The van der Waals surface area contributed by atoms with E-state index in [1.165, 1.54) is 0 Å². The molecule has 0 radical (unpaired) electrons. The zero-order valence-corrected chi connectivity index (χ0v) is 15.1. The summed E-state index contributed by atoms with van der Waals surface area (Å²) in [5.41, 5.74) is 0. The molecule has 0 spiro atoms. The highest BCUT2D eigenvalue weighted by Gasteiger charge is 2.44. The molecule has 0 bridgehead atoms. The Morgan fingerprint density at radius 1 is 1.00 bits per heavy atom. The van der Waals surface area contributed by atoms with Crippen LogP contribution in [0.25, 0.3) is 0 Å². The minimum absolute atomic E-state index is 0. The standard InChI is InChI=1S/C13H27N2O4Si.ClH/c1-5-16-20(17-6-2,18-7-3)19-12-8-9-15-11-10-14(4)13-15;/h10-11,13H,5-9,12H2,1-4H3;1H/q+1;/p-1. The molecule has 0 amide bonds. The molecule has 1 rings (SSSR count). The largest absolute Gasteiger partial charge is 1.00 e. The molecule has 0 aliphatic rings. The average Bonchev–Trinajstić information content (AvgIpc) is 2.82. The second-order valence-electron chi connectivity index (χ2n) is 4.32. The van der Waals surface area contributed by atoms with Crippen molar-refractivity contribution in [3.63, 3.8) is 0 Å².